The molecule has 0 N–H and O–H groups in total. The lowest BCUT2D eigenvalue weighted by Crippen LogP contribution is -2.39. The van der Waals surface area contributed by atoms with Crippen LogP contribution in [0.5, 0.6) is 0 Å². The second-order valence-electron chi connectivity index (χ2n) is 4.51. The van der Waals surface area contributed by atoms with Gasteiger partial charge >= 0.3 is 0 Å². The summed E-state index contributed by atoms with van der Waals surface area (Å²) in [4.78, 5) is 2.45. The van der Waals surface area contributed by atoms with E-state index in [4.69, 9.17) is 16.3 Å². The van der Waals surface area contributed by atoms with Crippen molar-refractivity contribution in [3.63, 3.8) is 0 Å². The van der Waals surface area contributed by atoms with Crippen molar-refractivity contribution in [1.82, 2.24) is 0 Å². The van der Waals surface area contributed by atoms with Gasteiger partial charge in [0.1, 0.15) is 0 Å². The Bertz CT molecular complexity index is 356. The second kappa shape index (κ2) is 6.27. The molecule has 1 aliphatic heterocycles. The lowest BCUT2D eigenvalue weighted by atomic mass is 9.97. The molecule has 0 amide bonds. The smallest absolute Gasteiger partial charge is 0.0642 e. The maximum absolute atomic E-state index is 5.59. The van der Waals surface area contributed by atoms with Crippen LogP contribution in [0.1, 0.15) is 18.9 Å². The van der Waals surface area contributed by atoms with Gasteiger partial charge in [0.25, 0.3) is 0 Å². The number of hydrogen-bond acceptors (Lipinski definition) is 2. The van der Waals surface area contributed by atoms with E-state index < -0.39 is 0 Å². The van der Waals surface area contributed by atoms with Crippen molar-refractivity contribution in [2.24, 2.45) is 0 Å². The Hall–Kier alpha value is -0.730. The summed E-state index contributed by atoms with van der Waals surface area (Å²) in [7, 11) is 0. The molecular weight excluding hydrogens is 234 g/mol. The van der Waals surface area contributed by atoms with E-state index in [1.165, 1.54) is 24.1 Å². The lowest BCUT2D eigenvalue weighted by Gasteiger charge is -2.37. The van der Waals surface area contributed by atoms with Gasteiger partial charge in [-0.05, 0) is 31.4 Å². The van der Waals surface area contributed by atoms with Crippen LogP contribution in [0.15, 0.2) is 24.3 Å². The number of alkyl halides is 1. The highest BCUT2D eigenvalue weighted by Crippen LogP contribution is 2.29. The van der Waals surface area contributed by atoms with Crippen molar-refractivity contribution in [3.05, 3.63) is 29.8 Å². The van der Waals surface area contributed by atoms with Gasteiger partial charge in [-0.2, -0.15) is 0 Å². The van der Waals surface area contributed by atoms with Crippen molar-refractivity contribution < 1.29 is 4.74 Å². The van der Waals surface area contributed by atoms with Gasteiger partial charge in [-0.15, -0.1) is 11.6 Å². The van der Waals surface area contributed by atoms with E-state index in [9.17, 15) is 0 Å². The van der Waals surface area contributed by atoms with Gasteiger partial charge < -0.3 is 9.64 Å². The summed E-state index contributed by atoms with van der Waals surface area (Å²) in [6, 6.07) is 9.28. The Morgan fingerprint density at radius 2 is 2.18 bits per heavy atom. The molecule has 1 aromatic rings. The minimum Gasteiger partial charge on any atom is -0.378 e. The zero-order valence-corrected chi connectivity index (χ0v) is 11.1. The van der Waals surface area contributed by atoms with Crippen LogP contribution in [0, 0.1) is 0 Å². The number of hydrogen-bond donors (Lipinski definition) is 0. The van der Waals surface area contributed by atoms with Crippen LogP contribution >= 0.6 is 11.6 Å². The van der Waals surface area contributed by atoms with Crippen LogP contribution < -0.4 is 4.90 Å². The maximum atomic E-state index is 5.59. The van der Waals surface area contributed by atoms with E-state index in [2.05, 4.69) is 36.1 Å². The Labute approximate surface area is 109 Å². The van der Waals surface area contributed by atoms with Gasteiger partial charge in [0.2, 0.25) is 0 Å². The number of rotatable bonds is 5. The third kappa shape index (κ3) is 3.14. The predicted molar refractivity (Wildman–Crippen MR) is 73.1 cm³/mol. The van der Waals surface area contributed by atoms with E-state index in [1.54, 1.807) is 0 Å². The molecule has 1 heterocycles. The highest BCUT2D eigenvalue weighted by molar-refractivity contribution is 6.17. The zero-order chi connectivity index (χ0) is 12.1. The summed E-state index contributed by atoms with van der Waals surface area (Å²) in [5, 5.41) is 0. The summed E-state index contributed by atoms with van der Waals surface area (Å²) in [5.41, 5.74) is 2.84. The van der Waals surface area contributed by atoms with Gasteiger partial charge in [-0.3, -0.25) is 0 Å². The van der Waals surface area contributed by atoms with Gasteiger partial charge in [0, 0.05) is 24.2 Å². The van der Waals surface area contributed by atoms with E-state index in [0.717, 1.165) is 13.2 Å². The molecule has 3 heteroatoms. The predicted octanol–water partition coefficient (Wildman–Crippen LogP) is 3.08. The molecule has 0 aliphatic carbocycles. The third-order valence-electron chi connectivity index (χ3n) is 3.36. The van der Waals surface area contributed by atoms with Crippen LogP contribution in [0.2, 0.25) is 0 Å². The fourth-order valence-corrected chi connectivity index (χ4v) is 2.53. The standard InChI is InChI=1S/C14H20ClNO/c1-12-6-7-13-4-2-3-5-14(13)16(12)9-11-17-10-8-15/h2-5,12H,6-11H2,1H3. The minimum absolute atomic E-state index is 0.576. The van der Waals surface area contributed by atoms with Gasteiger partial charge in [-0.25, -0.2) is 0 Å². The van der Waals surface area contributed by atoms with Gasteiger partial charge in [0.15, 0.2) is 0 Å². The molecule has 0 spiro atoms. The average molecular weight is 254 g/mol. The van der Waals surface area contributed by atoms with Crippen molar-refractivity contribution in [2.45, 2.75) is 25.8 Å². The van der Waals surface area contributed by atoms with E-state index >= 15 is 0 Å². The summed E-state index contributed by atoms with van der Waals surface area (Å²) in [5.74, 6) is 0.576. The molecule has 1 aromatic carbocycles. The number of ether oxygens (including phenoxy) is 1. The molecule has 17 heavy (non-hydrogen) atoms. The van der Waals surface area contributed by atoms with Crippen LogP contribution in [-0.2, 0) is 11.2 Å². The monoisotopic (exact) mass is 253 g/mol. The number of fused-ring (bicyclic) bond motifs is 1. The summed E-state index contributed by atoms with van der Waals surface area (Å²) < 4.78 is 5.48. The molecule has 1 unspecified atom stereocenters. The SMILES string of the molecule is CC1CCc2ccccc2N1CCOCCCl. The van der Waals surface area contributed by atoms with Crippen LogP contribution in [0.25, 0.3) is 0 Å². The molecule has 1 atom stereocenters. The molecule has 0 radical (unpaired) electrons. The highest BCUT2D eigenvalue weighted by atomic mass is 35.5. The van der Waals surface area contributed by atoms with Gasteiger partial charge in [-0.1, -0.05) is 18.2 Å². The number of halogens is 1. The lowest BCUT2D eigenvalue weighted by molar-refractivity contribution is 0.154. The van der Waals surface area contributed by atoms with Crippen LogP contribution in [0.4, 0.5) is 5.69 Å². The molecule has 0 fully saturated rings. The number of aryl methyl sites for hydroxylation is 1. The first-order valence-corrected chi connectivity index (χ1v) is 6.84. The van der Waals surface area contributed by atoms with Gasteiger partial charge in [0.05, 0.1) is 13.2 Å². The molecule has 0 saturated heterocycles. The Morgan fingerprint density at radius 3 is 3.00 bits per heavy atom. The fraction of sp³-hybridized carbons (Fsp3) is 0.571. The Kier molecular flexibility index (Phi) is 4.69. The minimum atomic E-state index is 0.576. The molecular formula is C14H20ClNO. The average Bonchev–Trinajstić information content (AvgIpc) is 2.37. The van der Waals surface area contributed by atoms with E-state index in [1.807, 2.05) is 0 Å². The molecule has 2 rings (SSSR count). The second-order valence-corrected chi connectivity index (χ2v) is 4.89. The van der Waals surface area contributed by atoms with Crippen LogP contribution in [0.3, 0.4) is 0 Å². The summed E-state index contributed by atoms with van der Waals surface area (Å²) in [6.45, 7) is 4.64. The number of para-hydroxylation sites is 1. The first-order valence-electron chi connectivity index (χ1n) is 6.31. The highest BCUT2D eigenvalue weighted by Gasteiger charge is 2.21. The van der Waals surface area contributed by atoms with Crippen molar-refractivity contribution in [3.8, 4) is 0 Å². The first kappa shape index (κ1) is 12.7. The Morgan fingerprint density at radius 1 is 1.35 bits per heavy atom. The Balaban J connectivity index is 2.00. The quantitative estimate of drug-likeness (QED) is 0.591. The first-order chi connectivity index (χ1) is 8.33. The van der Waals surface area contributed by atoms with Crippen molar-refractivity contribution in [1.29, 1.82) is 0 Å². The zero-order valence-electron chi connectivity index (χ0n) is 10.4. The third-order valence-corrected chi connectivity index (χ3v) is 3.52. The molecule has 1 aliphatic rings. The number of anilines is 1. The molecule has 0 aromatic heterocycles. The normalized spacial score (nSPS) is 19.2. The fourth-order valence-electron chi connectivity index (χ4n) is 2.42. The van der Waals surface area contributed by atoms with E-state index in [-0.39, 0.29) is 0 Å². The number of benzene rings is 1. The largest absolute Gasteiger partial charge is 0.378 e. The van der Waals surface area contributed by atoms with Crippen LogP contribution in [-0.4, -0.2) is 31.7 Å². The number of nitrogens with zero attached hydrogens (tertiary/aromatic N) is 1. The molecule has 94 valence electrons. The van der Waals surface area contributed by atoms with Crippen molar-refractivity contribution in [2.75, 3.05) is 30.5 Å². The summed E-state index contributed by atoms with van der Waals surface area (Å²) >= 11 is 5.59. The molecule has 2 nitrogen and oxygen atoms in total. The van der Waals surface area contributed by atoms with Crippen molar-refractivity contribution >= 4 is 17.3 Å². The topological polar surface area (TPSA) is 12.5 Å². The maximum Gasteiger partial charge on any atom is 0.0642 e. The van der Waals surface area contributed by atoms with E-state index in [0.29, 0.717) is 18.5 Å². The summed E-state index contributed by atoms with van der Waals surface area (Å²) in [6.07, 6.45) is 2.42. The molecule has 0 bridgehead atoms. The molecule has 0 saturated carbocycles.